The fourth-order valence-electron chi connectivity index (χ4n) is 1.94. The maximum atomic E-state index is 5.50. The Morgan fingerprint density at radius 1 is 1.62 bits per heavy atom. The van der Waals surface area contributed by atoms with Gasteiger partial charge in [-0.05, 0) is 20.3 Å². The molecule has 2 atom stereocenters. The SMILES string of the molecule is C#CC(CCC)NC(C)c1cn(C)nc1C. The van der Waals surface area contributed by atoms with Gasteiger partial charge < -0.3 is 0 Å². The first-order valence-electron chi connectivity index (χ1n) is 5.80. The second-order valence-corrected chi connectivity index (χ2v) is 4.24. The molecule has 3 heteroatoms. The fraction of sp³-hybridized carbons (Fsp3) is 0.615. The summed E-state index contributed by atoms with van der Waals surface area (Å²) in [6.07, 6.45) is 9.66. The van der Waals surface area contributed by atoms with Gasteiger partial charge in [0.2, 0.25) is 0 Å². The van der Waals surface area contributed by atoms with E-state index in [-0.39, 0.29) is 12.1 Å². The Labute approximate surface area is 98.2 Å². The lowest BCUT2D eigenvalue weighted by atomic mass is 10.1. The van der Waals surface area contributed by atoms with E-state index in [2.05, 4.69) is 30.2 Å². The lowest BCUT2D eigenvalue weighted by Gasteiger charge is -2.18. The molecule has 0 aliphatic carbocycles. The van der Waals surface area contributed by atoms with Gasteiger partial charge in [-0.1, -0.05) is 19.3 Å². The van der Waals surface area contributed by atoms with Gasteiger partial charge in [-0.15, -0.1) is 6.42 Å². The van der Waals surface area contributed by atoms with Crippen molar-refractivity contribution in [3.63, 3.8) is 0 Å². The van der Waals surface area contributed by atoms with Crippen LogP contribution >= 0.6 is 0 Å². The van der Waals surface area contributed by atoms with E-state index in [0.717, 1.165) is 18.5 Å². The molecule has 1 N–H and O–H groups in total. The van der Waals surface area contributed by atoms with E-state index in [1.54, 1.807) is 0 Å². The van der Waals surface area contributed by atoms with Crippen molar-refractivity contribution in [3.05, 3.63) is 17.5 Å². The van der Waals surface area contributed by atoms with Crippen LogP contribution < -0.4 is 5.32 Å². The average Bonchev–Trinajstić information content (AvgIpc) is 2.57. The fourth-order valence-corrected chi connectivity index (χ4v) is 1.94. The summed E-state index contributed by atoms with van der Waals surface area (Å²) in [5.74, 6) is 2.79. The first-order chi connectivity index (χ1) is 7.58. The van der Waals surface area contributed by atoms with Crippen molar-refractivity contribution in [1.82, 2.24) is 15.1 Å². The normalized spacial score (nSPS) is 14.4. The van der Waals surface area contributed by atoms with Crippen LogP contribution in [0.3, 0.4) is 0 Å². The lowest BCUT2D eigenvalue weighted by molar-refractivity contribution is 0.493. The van der Waals surface area contributed by atoms with Crippen molar-refractivity contribution in [2.24, 2.45) is 7.05 Å². The van der Waals surface area contributed by atoms with Crippen molar-refractivity contribution in [2.45, 2.75) is 45.7 Å². The van der Waals surface area contributed by atoms with Crippen molar-refractivity contribution >= 4 is 0 Å². The minimum absolute atomic E-state index is 0.152. The Morgan fingerprint density at radius 3 is 2.75 bits per heavy atom. The van der Waals surface area contributed by atoms with E-state index in [1.165, 1.54) is 5.56 Å². The highest BCUT2D eigenvalue weighted by Gasteiger charge is 2.14. The van der Waals surface area contributed by atoms with Gasteiger partial charge in [0.05, 0.1) is 11.7 Å². The molecule has 0 saturated heterocycles. The molecule has 1 aromatic rings. The van der Waals surface area contributed by atoms with Crippen molar-refractivity contribution in [3.8, 4) is 12.3 Å². The van der Waals surface area contributed by atoms with E-state index in [0.29, 0.717) is 0 Å². The van der Waals surface area contributed by atoms with Gasteiger partial charge >= 0.3 is 0 Å². The monoisotopic (exact) mass is 219 g/mol. The molecule has 0 amide bonds. The topological polar surface area (TPSA) is 29.9 Å². The van der Waals surface area contributed by atoms with Crippen LogP contribution in [0.15, 0.2) is 6.20 Å². The Hall–Kier alpha value is -1.27. The number of hydrogen-bond acceptors (Lipinski definition) is 2. The Bertz CT molecular complexity index is 373. The minimum atomic E-state index is 0.152. The average molecular weight is 219 g/mol. The first-order valence-corrected chi connectivity index (χ1v) is 5.80. The van der Waals surface area contributed by atoms with Gasteiger partial charge in [-0.3, -0.25) is 10.00 Å². The smallest absolute Gasteiger partial charge is 0.0691 e. The molecule has 1 aromatic heterocycles. The summed E-state index contributed by atoms with van der Waals surface area (Å²) in [7, 11) is 1.94. The highest BCUT2D eigenvalue weighted by Crippen LogP contribution is 2.16. The largest absolute Gasteiger partial charge is 0.297 e. The van der Waals surface area contributed by atoms with Crippen LogP contribution in [-0.4, -0.2) is 15.8 Å². The lowest BCUT2D eigenvalue weighted by Crippen LogP contribution is -2.30. The van der Waals surface area contributed by atoms with Crippen molar-refractivity contribution < 1.29 is 0 Å². The maximum Gasteiger partial charge on any atom is 0.0691 e. The molecule has 16 heavy (non-hydrogen) atoms. The van der Waals surface area contributed by atoms with E-state index >= 15 is 0 Å². The van der Waals surface area contributed by atoms with E-state index < -0.39 is 0 Å². The van der Waals surface area contributed by atoms with Crippen molar-refractivity contribution in [1.29, 1.82) is 0 Å². The molecule has 0 spiro atoms. The summed E-state index contributed by atoms with van der Waals surface area (Å²) >= 11 is 0. The van der Waals surface area contributed by atoms with Crippen molar-refractivity contribution in [2.75, 3.05) is 0 Å². The molecule has 1 rings (SSSR count). The van der Waals surface area contributed by atoms with E-state index in [4.69, 9.17) is 6.42 Å². The molecule has 3 nitrogen and oxygen atoms in total. The standard InChI is InChI=1S/C13H21N3/c1-6-8-12(7-2)14-10(3)13-9-16(5)15-11(13)4/h2,9-10,12,14H,6,8H2,1,3-5H3. The van der Waals surface area contributed by atoms with Crippen LogP contribution in [0, 0.1) is 19.3 Å². The number of hydrogen-bond donors (Lipinski definition) is 1. The molecular weight excluding hydrogens is 198 g/mol. The summed E-state index contributed by atoms with van der Waals surface area (Å²) in [5.41, 5.74) is 2.29. The highest BCUT2D eigenvalue weighted by molar-refractivity contribution is 5.20. The third kappa shape index (κ3) is 3.11. The van der Waals surface area contributed by atoms with E-state index in [9.17, 15) is 0 Å². The van der Waals surface area contributed by atoms with Gasteiger partial charge in [-0.25, -0.2) is 0 Å². The molecule has 0 aliphatic heterocycles. The molecular formula is C13H21N3. The maximum absolute atomic E-state index is 5.50. The third-order valence-corrected chi connectivity index (χ3v) is 2.75. The Kier molecular flexibility index (Phi) is 4.57. The second-order valence-electron chi connectivity index (χ2n) is 4.24. The Balaban J connectivity index is 2.68. The molecule has 88 valence electrons. The molecule has 0 fully saturated rings. The zero-order chi connectivity index (χ0) is 12.1. The molecule has 0 aliphatic rings. The summed E-state index contributed by atoms with van der Waals surface area (Å²) in [4.78, 5) is 0. The molecule has 0 aromatic carbocycles. The van der Waals surface area contributed by atoms with Gasteiger partial charge in [0.1, 0.15) is 0 Å². The highest BCUT2D eigenvalue weighted by atomic mass is 15.3. The zero-order valence-corrected chi connectivity index (χ0v) is 10.6. The molecule has 0 saturated carbocycles. The summed E-state index contributed by atoms with van der Waals surface area (Å²) < 4.78 is 1.84. The number of nitrogens with one attached hydrogen (secondary N) is 1. The summed E-state index contributed by atoms with van der Waals surface area (Å²) in [5, 5.41) is 7.78. The second kappa shape index (κ2) is 5.72. The number of rotatable bonds is 5. The van der Waals surface area contributed by atoms with Crippen LogP contribution in [0.2, 0.25) is 0 Å². The summed E-state index contributed by atoms with van der Waals surface area (Å²) in [6, 6.07) is 0.404. The molecule has 0 radical (unpaired) electrons. The predicted molar refractivity (Wildman–Crippen MR) is 67.0 cm³/mol. The predicted octanol–water partition coefficient (Wildman–Crippen LogP) is 2.18. The number of aryl methyl sites for hydroxylation is 2. The molecule has 2 unspecified atom stereocenters. The molecule has 1 heterocycles. The van der Waals surface area contributed by atoms with Gasteiger partial charge in [-0.2, -0.15) is 5.10 Å². The van der Waals surface area contributed by atoms with Gasteiger partial charge in [0.15, 0.2) is 0 Å². The third-order valence-electron chi connectivity index (χ3n) is 2.75. The van der Waals surface area contributed by atoms with Crippen LogP contribution in [-0.2, 0) is 7.05 Å². The van der Waals surface area contributed by atoms with Gasteiger partial charge in [0, 0.05) is 24.8 Å². The van der Waals surface area contributed by atoms with Gasteiger partial charge in [0.25, 0.3) is 0 Å². The van der Waals surface area contributed by atoms with Crippen LogP contribution in [0.1, 0.15) is 44.0 Å². The zero-order valence-electron chi connectivity index (χ0n) is 10.6. The van der Waals surface area contributed by atoms with Crippen LogP contribution in [0.4, 0.5) is 0 Å². The minimum Gasteiger partial charge on any atom is -0.297 e. The Morgan fingerprint density at radius 2 is 2.31 bits per heavy atom. The van der Waals surface area contributed by atoms with Crippen LogP contribution in [0.25, 0.3) is 0 Å². The summed E-state index contributed by atoms with van der Waals surface area (Å²) in [6.45, 7) is 6.30. The molecule has 0 bridgehead atoms. The number of terminal acetylenes is 1. The number of nitrogens with zero attached hydrogens (tertiary/aromatic N) is 2. The number of aromatic nitrogens is 2. The van der Waals surface area contributed by atoms with E-state index in [1.807, 2.05) is 24.9 Å². The first kappa shape index (κ1) is 12.8. The van der Waals surface area contributed by atoms with Crippen LogP contribution in [0.5, 0.6) is 0 Å². The quantitative estimate of drug-likeness (QED) is 0.769.